The van der Waals surface area contributed by atoms with Gasteiger partial charge < -0.3 is 20.3 Å². The number of pyridine rings is 1. The molecule has 3 heterocycles. The van der Waals surface area contributed by atoms with Gasteiger partial charge >= 0.3 is 6.03 Å². The van der Waals surface area contributed by atoms with Gasteiger partial charge in [-0.1, -0.05) is 42.5 Å². The van der Waals surface area contributed by atoms with E-state index in [0.29, 0.717) is 24.7 Å². The lowest BCUT2D eigenvalue weighted by Gasteiger charge is -2.27. The van der Waals surface area contributed by atoms with Crippen molar-refractivity contribution in [1.29, 1.82) is 0 Å². The number of urea groups is 1. The van der Waals surface area contributed by atoms with E-state index < -0.39 is 6.03 Å². The van der Waals surface area contributed by atoms with Gasteiger partial charge in [0.25, 0.3) is 0 Å². The second-order valence-electron chi connectivity index (χ2n) is 7.92. The number of nitrogens with zero attached hydrogens (tertiary/aromatic N) is 4. The third kappa shape index (κ3) is 5.71. The number of ether oxygens (including phenoxy) is 1. The summed E-state index contributed by atoms with van der Waals surface area (Å²) in [7, 11) is 0. The van der Waals surface area contributed by atoms with Crippen molar-refractivity contribution in [2.75, 3.05) is 47.2 Å². The highest BCUT2D eigenvalue weighted by Gasteiger charge is 2.13. The zero-order valence-electron chi connectivity index (χ0n) is 19.0. The number of aromatic nitrogens is 3. The summed E-state index contributed by atoms with van der Waals surface area (Å²) >= 11 is 0. The van der Waals surface area contributed by atoms with Crippen molar-refractivity contribution in [2.45, 2.75) is 0 Å². The molecule has 9 heteroatoms. The number of carbonyl (C=O) groups excluding carboxylic acids is 1. The maximum atomic E-state index is 12.6. The molecule has 3 N–H and O–H groups in total. The molecular weight excluding hydrogens is 442 g/mol. The maximum Gasteiger partial charge on any atom is 0.324 e. The molecule has 0 saturated carbocycles. The average Bonchev–Trinajstić information content (AvgIpc) is 2.92. The second-order valence-corrected chi connectivity index (χ2v) is 7.92. The molecule has 0 unspecified atom stereocenters. The summed E-state index contributed by atoms with van der Waals surface area (Å²) < 4.78 is 5.40. The van der Waals surface area contributed by atoms with Gasteiger partial charge in [0.15, 0.2) is 5.82 Å². The summed E-state index contributed by atoms with van der Waals surface area (Å²) in [6, 6.07) is 24.3. The van der Waals surface area contributed by atoms with E-state index in [9.17, 15) is 4.79 Å². The molecule has 2 aromatic heterocycles. The smallest absolute Gasteiger partial charge is 0.324 e. The van der Waals surface area contributed by atoms with E-state index in [4.69, 9.17) is 4.74 Å². The summed E-state index contributed by atoms with van der Waals surface area (Å²) in [6.07, 6.45) is 1.78. The van der Waals surface area contributed by atoms with Crippen LogP contribution in [-0.2, 0) is 4.74 Å². The van der Waals surface area contributed by atoms with Gasteiger partial charge in [0.05, 0.1) is 42.2 Å². The van der Waals surface area contributed by atoms with Crippen LogP contribution >= 0.6 is 0 Å². The molecule has 9 nitrogen and oxygen atoms in total. The first-order valence-electron chi connectivity index (χ1n) is 11.4. The molecule has 1 aliphatic heterocycles. The third-order valence-corrected chi connectivity index (χ3v) is 5.51. The molecule has 1 fully saturated rings. The van der Waals surface area contributed by atoms with Gasteiger partial charge in [-0.2, -0.15) is 0 Å². The summed E-state index contributed by atoms with van der Waals surface area (Å²) in [5, 5.41) is 17.2. The minimum Gasteiger partial charge on any atom is -0.378 e. The molecule has 0 bridgehead atoms. The first kappa shape index (κ1) is 22.3. The number of anilines is 5. The lowest BCUT2D eigenvalue weighted by atomic mass is 10.1. The second kappa shape index (κ2) is 10.6. The Morgan fingerprint density at radius 1 is 0.800 bits per heavy atom. The van der Waals surface area contributed by atoms with E-state index in [-0.39, 0.29) is 0 Å². The number of rotatable bonds is 6. The van der Waals surface area contributed by atoms with Crippen LogP contribution in [0.5, 0.6) is 0 Å². The minimum absolute atomic E-state index is 0.357. The number of carbonyl (C=O) groups is 1. The van der Waals surface area contributed by atoms with Crippen molar-refractivity contribution >= 4 is 34.7 Å². The molecular formula is C26H25N7O2. The summed E-state index contributed by atoms with van der Waals surface area (Å²) in [6.45, 7) is 3.10. The maximum absolute atomic E-state index is 12.6. The summed E-state index contributed by atoms with van der Waals surface area (Å²) in [4.78, 5) is 19.4. The van der Waals surface area contributed by atoms with Crippen LogP contribution in [0, 0.1) is 0 Å². The van der Waals surface area contributed by atoms with Gasteiger partial charge in [-0.15, -0.1) is 10.2 Å². The van der Waals surface area contributed by atoms with Crippen molar-refractivity contribution < 1.29 is 9.53 Å². The molecule has 5 rings (SSSR count). The quantitative estimate of drug-likeness (QED) is 0.375. The van der Waals surface area contributed by atoms with E-state index in [1.54, 1.807) is 12.3 Å². The molecule has 1 aliphatic rings. The topological polar surface area (TPSA) is 104 Å². The number of morpholine rings is 1. The molecule has 0 atom stereocenters. The van der Waals surface area contributed by atoms with Crippen LogP contribution in [0.25, 0.3) is 11.3 Å². The number of hydrogen-bond acceptors (Lipinski definition) is 7. The van der Waals surface area contributed by atoms with Crippen LogP contribution in [0.2, 0.25) is 0 Å². The van der Waals surface area contributed by atoms with Crippen molar-refractivity contribution in [3.63, 3.8) is 0 Å². The number of amides is 2. The van der Waals surface area contributed by atoms with Crippen LogP contribution < -0.4 is 20.9 Å². The fourth-order valence-corrected chi connectivity index (χ4v) is 3.73. The minimum atomic E-state index is -0.415. The Bertz CT molecular complexity index is 1260. The van der Waals surface area contributed by atoms with Crippen LogP contribution in [-0.4, -0.2) is 47.5 Å². The van der Waals surface area contributed by atoms with Gasteiger partial charge in [0.1, 0.15) is 5.82 Å². The fourth-order valence-electron chi connectivity index (χ4n) is 3.73. The zero-order valence-corrected chi connectivity index (χ0v) is 19.0. The normalized spacial score (nSPS) is 13.2. The van der Waals surface area contributed by atoms with Crippen LogP contribution in [0.1, 0.15) is 0 Å². The number of para-hydroxylation sites is 2. The number of nitrogens with one attached hydrogen (secondary N) is 3. The van der Waals surface area contributed by atoms with Crippen LogP contribution in [0.15, 0.2) is 85.1 Å². The van der Waals surface area contributed by atoms with Crippen LogP contribution in [0.4, 0.5) is 33.5 Å². The molecule has 0 radical (unpaired) electrons. The first-order valence-corrected chi connectivity index (χ1v) is 11.4. The van der Waals surface area contributed by atoms with Gasteiger partial charge in [-0.3, -0.25) is 5.32 Å². The van der Waals surface area contributed by atoms with Gasteiger partial charge in [0.2, 0.25) is 0 Å². The Morgan fingerprint density at radius 2 is 1.57 bits per heavy atom. The number of hydrogen-bond donors (Lipinski definition) is 3. The predicted molar refractivity (Wildman–Crippen MR) is 137 cm³/mol. The monoisotopic (exact) mass is 467 g/mol. The van der Waals surface area contributed by atoms with Crippen LogP contribution in [0.3, 0.4) is 0 Å². The van der Waals surface area contributed by atoms with Gasteiger partial charge in [0, 0.05) is 18.7 Å². The molecule has 35 heavy (non-hydrogen) atoms. The van der Waals surface area contributed by atoms with Gasteiger partial charge in [-0.25, -0.2) is 9.78 Å². The number of benzene rings is 2. The third-order valence-electron chi connectivity index (χ3n) is 5.51. The highest BCUT2D eigenvalue weighted by atomic mass is 16.5. The van der Waals surface area contributed by atoms with Crippen molar-refractivity contribution in [2.24, 2.45) is 0 Å². The molecule has 176 valence electrons. The van der Waals surface area contributed by atoms with Crippen molar-refractivity contribution in [3.8, 4) is 11.3 Å². The highest BCUT2D eigenvalue weighted by Crippen LogP contribution is 2.26. The first-order chi connectivity index (χ1) is 17.2. The SMILES string of the molecule is O=C(Nc1ccc(-c2ccccc2)nn1)Nc1ccccc1Nc1ccc(N2CCOCC2)nc1. The fraction of sp³-hybridized carbons (Fsp3) is 0.154. The molecule has 4 aromatic rings. The van der Waals surface area contributed by atoms with Crippen molar-refractivity contribution in [3.05, 3.63) is 85.1 Å². The molecule has 0 aliphatic carbocycles. The van der Waals surface area contributed by atoms with E-state index in [1.807, 2.05) is 72.8 Å². The summed E-state index contributed by atoms with van der Waals surface area (Å²) in [5.74, 6) is 1.28. The zero-order chi connectivity index (χ0) is 23.9. The Kier molecular flexibility index (Phi) is 6.77. The molecule has 2 amide bonds. The molecule has 1 saturated heterocycles. The molecule has 0 spiro atoms. The Morgan fingerprint density at radius 3 is 2.29 bits per heavy atom. The largest absolute Gasteiger partial charge is 0.378 e. The Labute approximate surface area is 203 Å². The lowest BCUT2D eigenvalue weighted by Crippen LogP contribution is -2.36. The Balaban J connectivity index is 1.21. The predicted octanol–water partition coefficient (Wildman–Crippen LogP) is 4.76. The van der Waals surface area contributed by atoms with E-state index in [2.05, 4.69) is 36.0 Å². The van der Waals surface area contributed by atoms with Crippen molar-refractivity contribution in [1.82, 2.24) is 15.2 Å². The van der Waals surface area contributed by atoms with E-state index in [1.165, 1.54) is 0 Å². The average molecular weight is 468 g/mol. The lowest BCUT2D eigenvalue weighted by molar-refractivity contribution is 0.122. The van der Waals surface area contributed by atoms with E-state index in [0.717, 1.165) is 41.5 Å². The van der Waals surface area contributed by atoms with E-state index >= 15 is 0 Å². The highest BCUT2D eigenvalue weighted by molar-refractivity contribution is 6.01. The molecule has 2 aromatic carbocycles. The summed E-state index contributed by atoms with van der Waals surface area (Å²) in [5.41, 5.74) is 3.88. The van der Waals surface area contributed by atoms with Gasteiger partial charge in [-0.05, 0) is 36.4 Å². The Hall–Kier alpha value is -4.50. The standard InChI is InChI=1S/C26H25N7O2/c34-26(30-24-12-11-21(31-32-24)19-6-2-1-3-7-19)29-23-9-5-4-8-22(23)28-20-10-13-25(27-18-20)33-14-16-35-17-15-33/h1-13,18,28H,14-17H2,(H2,29,30,32,34).